The van der Waals surface area contributed by atoms with E-state index >= 15 is 0 Å². The molecule has 4 nitrogen and oxygen atoms in total. The van der Waals surface area contributed by atoms with Crippen molar-refractivity contribution in [1.82, 2.24) is 0 Å². The van der Waals surface area contributed by atoms with Crippen molar-refractivity contribution in [1.29, 1.82) is 5.26 Å². The Morgan fingerprint density at radius 2 is 2.29 bits per heavy atom. The fourth-order valence-corrected chi connectivity index (χ4v) is 2.05. The van der Waals surface area contributed by atoms with Crippen LogP contribution in [0.2, 0.25) is 0 Å². The van der Waals surface area contributed by atoms with Crippen molar-refractivity contribution in [3.8, 4) is 6.07 Å². The molecule has 1 fully saturated rings. The van der Waals surface area contributed by atoms with E-state index in [0.29, 0.717) is 11.3 Å². The molecule has 0 radical (unpaired) electrons. The van der Waals surface area contributed by atoms with E-state index in [2.05, 4.69) is 11.4 Å². The summed E-state index contributed by atoms with van der Waals surface area (Å²) in [6.07, 6.45) is 3.41. The Hall–Kier alpha value is -1.73. The second-order valence-corrected chi connectivity index (χ2v) is 4.51. The molecule has 1 aliphatic carbocycles. The number of nitrogens with one attached hydrogen (secondary N) is 1. The minimum atomic E-state index is -0.0197. The zero-order valence-electron chi connectivity index (χ0n) is 9.99. The molecule has 90 valence electrons. The smallest absolute Gasteiger partial charge is 0.101 e. The van der Waals surface area contributed by atoms with E-state index in [4.69, 9.17) is 15.7 Å². The van der Waals surface area contributed by atoms with E-state index in [1.807, 2.05) is 6.07 Å². The maximum atomic E-state index is 8.89. The first kappa shape index (κ1) is 11.7. The minimum absolute atomic E-state index is 0.0197. The van der Waals surface area contributed by atoms with Crippen LogP contribution in [0.25, 0.3) is 0 Å². The Kier molecular flexibility index (Phi) is 3.21. The molecule has 1 aliphatic rings. The second kappa shape index (κ2) is 4.64. The number of nitrogens with zero attached hydrogens (tertiary/aromatic N) is 1. The Morgan fingerprint density at radius 1 is 1.53 bits per heavy atom. The summed E-state index contributed by atoms with van der Waals surface area (Å²) in [4.78, 5) is 0. The lowest BCUT2D eigenvalue weighted by atomic mass is 9.80. The topological polar surface area (TPSA) is 71.1 Å². The SMILES string of the molecule is COC1(CNc2ccc(N)c(C#N)c2)CCC1. The first-order chi connectivity index (χ1) is 8.19. The fraction of sp³-hybridized carbons (Fsp3) is 0.462. The molecule has 0 aromatic heterocycles. The molecule has 3 N–H and O–H groups in total. The van der Waals surface area contributed by atoms with Crippen molar-refractivity contribution < 1.29 is 4.74 Å². The Balaban J connectivity index is 2.02. The summed E-state index contributed by atoms with van der Waals surface area (Å²) >= 11 is 0. The average molecular weight is 231 g/mol. The normalized spacial score (nSPS) is 16.9. The van der Waals surface area contributed by atoms with E-state index in [1.54, 1.807) is 19.2 Å². The second-order valence-electron chi connectivity index (χ2n) is 4.51. The number of nitrogens with two attached hydrogens (primary N) is 1. The van der Waals surface area contributed by atoms with Crippen LogP contribution in [0.1, 0.15) is 24.8 Å². The van der Waals surface area contributed by atoms with Gasteiger partial charge in [0.15, 0.2) is 0 Å². The van der Waals surface area contributed by atoms with Crippen LogP contribution in [0, 0.1) is 11.3 Å². The summed E-state index contributed by atoms with van der Waals surface area (Å²) in [6, 6.07) is 7.49. The quantitative estimate of drug-likeness (QED) is 0.779. The highest BCUT2D eigenvalue weighted by Gasteiger charge is 2.36. The van der Waals surface area contributed by atoms with Gasteiger partial charge in [-0.15, -0.1) is 0 Å². The number of nitrogen functional groups attached to an aromatic ring is 1. The molecule has 0 bridgehead atoms. The molecule has 0 aliphatic heterocycles. The molecule has 0 unspecified atom stereocenters. The van der Waals surface area contributed by atoms with E-state index < -0.39 is 0 Å². The summed E-state index contributed by atoms with van der Waals surface area (Å²) in [5.74, 6) is 0. The standard InChI is InChI=1S/C13H17N3O/c1-17-13(5-2-6-13)9-16-11-3-4-12(15)10(7-11)8-14/h3-4,7,16H,2,5-6,9,15H2,1H3. The molecular formula is C13H17N3O. The van der Waals surface area contributed by atoms with Crippen LogP contribution in [0.15, 0.2) is 18.2 Å². The van der Waals surface area contributed by atoms with Crippen LogP contribution < -0.4 is 11.1 Å². The van der Waals surface area contributed by atoms with E-state index in [1.165, 1.54) is 6.42 Å². The van der Waals surface area contributed by atoms with Crippen LogP contribution >= 0.6 is 0 Å². The molecule has 17 heavy (non-hydrogen) atoms. The predicted octanol–water partition coefficient (Wildman–Crippen LogP) is 2.12. The van der Waals surface area contributed by atoms with Gasteiger partial charge in [0.05, 0.1) is 11.2 Å². The highest BCUT2D eigenvalue weighted by atomic mass is 16.5. The monoisotopic (exact) mass is 231 g/mol. The summed E-state index contributed by atoms with van der Waals surface area (Å²) in [5.41, 5.74) is 7.59. The van der Waals surface area contributed by atoms with Crippen molar-refractivity contribution >= 4 is 11.4 Å². The summed E-state index contributed by atoms with van der Waals surface area (Å²) in [6.45, 7) is 0.776. The number of ether oxygens (including phenoxy) is 1. The third-order valence-electron chi connectivity index (χ3n) is 3.49. The number of hydrogen-bond acceptors (Lipinski definition) is 4. The third-order valence-corrected chi connectivity index (χ3v) is 3.49. The van der Waals surface area contributed by atoms with Gasteiger partial charge in [-0.1, -0.05) is 0 Å². The lowest BCUT2D eigenvalue weighted by molar-refractivity contribution is -0.0601. The van der Waals surface area contributed by atoms with Gasteiger partial charge in [-0.25, -0.2) is 0 Å². The molecule has 1 saturated carbocycles. The number of rotatable bonds is 4. The zero-order valence-corrected chi connectivity index (χ0v) is 9.99. The summed E-state index contributed by atoms with van der Waals surface area (Å²) < 4.78 is 5.52. The summed E-state index contributed by atoms with van der Waals surface area (Å²) in [5, 5.41) is 12.2. The predicted molar refractivity (Wildman–Crippen MR) is 67.7 cm³/mol. The van der Waals surface area contributed by atoms with Gasteiger partial charge in [-0.2, -0.15) is 5.26 Å². The molecular weight excluding hydrogens is 214 g/mol. The number of benzene rings is 1. The minimum Gasteiger partial charge on any atom is -0.398 e. The highest BCUT2D eigenvalue weighted by molar-refractivity contribution is 5.61. The average Bonchev–Trinajstić information content (AvgIpc) is 2.30. The van der Waals surface area contributed by atoms with E-state index in [9.17, 15) is 0 Å². The Morgan fingerprint density at radius 3 is 2.82 bits per heavy atom. The van der Waals surface area contributed by atoms with Gasteiger partial charge in [-0.3, -0.25) is 0 Å². The molecule has 4 heteroatoms. The van der Waals surface area contributed by atoms with E-state index in [-0.39, 0.29) is 5.60 Å². The van der Waals surface area contributed by atoms with Crippen LogP contribution in [-0.2, 0) is 4.74 Å². The van der Waals surface area contributed by atoms with Crippen molar-refractivity contribution in [2.45, 2.75) is 24.9 Å². The number of anilines is 2. The number of nitriles is 1. The van der Waals surface area contributed by atoms with Crippen LogP contribution in [0.4, 0.5) is 11.4 Å². The molecule has 0 amide bonds. The Bertz CT molecular complexity index is 441. The van der Waals surface area contributed by atoms with Gasteiger partial charge in [-0.05, 0) is 37.5 Å². The van der Waals surface area contributed by atoms with Crippen LogP contribution in [-0.4, -0.2) is 19.3 Å². The first-order valence-corrected chi connectivity index (χ1v) is 5.78. The highest BCUT2D eigenvalue weighted by Crippen LogP contribution is 2.35. The van der Waals surface area contributed by atoms with Gasteiger partial charge in [0, 0.05) is 25.0 Å². The lowest BCUT2D eigenvalue weighted by Gasteiger charge is -2.40. The van der Waals surface area contributed by atoms with Gasteiger partial charge < -0.3 is 15.8 Å². The zero-order chi connectivity index (χ0) is 12.3. The maximum Gasteiger partial charge on any atom is 0.101 e. The van der Waals surface area contributed by atoms with E-state index in [0.717, 1.165) is 25.1 Å². The van der Waals surface area contributed by atoms with Crippen molar-refractivity contribution in [3.63, 3.8) is 0 Å². The molecule has 2 rings (SSSR count). The largest absolute Gasteiger partial charge is 0.398 e. The van der Waals surface area contributed by atoms with Crippen molar-refractivity contribution in [2.75, 3.05) is 24.7 Å². The van der Waals surface area contributed by atoms with Gasteiger partial charge >= 0.3 is 0 Å². The first-order valence-electron chi connectivity index (χ1n) is 5.78. The molecule has 1 aromatic rings. The molecule has 0 saturated heterocycles. The molecule has 0 spiro atoms. The maximum absolute atomic E-state index is 8.89. The van der Waals surface area contributed by atoms with Gasteiger partial charge in [0.2, 0.25) is 0 Å². The van der Waals surface area contributed by atoms with Crippen LogP contribution in [0.5, 0.6) is 0 Å². The molecule has 1 aromatic carbocycles. The van der Waals surface area contributed by atoms with Crippen LogP contribution in [0.3, 0.4) is 0 Å². The van der Waals surface area contributed by atoms with Crippen molar-refractivity contribution in [3.05, 3.63) is 23.8 Å². The lowest BCUT2D eigenvalue weighted by Crippen LogP contribution is -2.45. The molecule has 0 heterocycles. The number of methoxy groups -OCH3 is 1. The number of hydrogen-bond donors (Lipinski definition) is 2. The fourth-order valence-electron chi connectivity index (χ4n) is 2.05. The Labute approximate surface area is 101 Å². The third kappa shape index (κ3) is 2.34. The van der Waals surface area contributed by atoms with Gasteiger partial charge in [0.1, 0.15) is 6.07 Å². The molecule has 0 atom stereocenters. The van der Waals surface area contributed by atoms with Crippen molar-refractivity contribution in [2.24, 2.45) is 0 Å². The summed E-state index contributed by atoms with van der Waals surface area (Å²) in [7, 11) is 1.75. The van der Waals surface area contributed by atoms with Gasteiger partial charge in [0.25, 0.3) is 0 Å².